The maximum atomic E-state index is 13.6. The quantitative estimate of drug-likeness (QED) is 0.333. The number of rotatable bonds is 4. The van der Waals surface area contributed by atoms with Crippen LogP contribution in [0.3, 0.4) is 0 Å². The van der Waals surface area contributed by atoms with Gasteiger partial charge in [0, 0.05) is 6.07 Å². The molecule has 11 heteroatoms. The average molecular weight is 317 g/mol. The molecule has 0 atom stereocenters. The summed E-state index contributed by atoms with van der Waals surface area (Å²) in [5, 5.41) is 2.35. The van der Waals surface area contributed by atoms with Gasteiger partial charge in [0.15, 0.2) is 0 Å². The van der Waals surface area contributed by atoms with E-state index in [9.17, 15) is 17.6 Å². The lowest BCUT2D eigenvalue weighted by Crippen LogP contribution is -2.14. The first-order valence-corrected chi connectivity index (χ1v) is 5.79. The van der Waals surface area contributed by atoms with E-state index in [2.05, 4.69) is 26.1 Å². The third-order valence-corrected chi connectivity index (χ3v) is 2.56. The van der Waals surface area contributed by atoms with Crippen LogP contribution < -0.4 is 27.9 Å². The molecule has 0 amide bonds. The van der Waals surface area contributed by atoms with Gasteiger partial charge in [-0.15, -0.1) is 0 Å². The maximum absolute atomic E-state index is 13.6. The predicted molar refractivity (Wildman–Crippen MR) is 72.3 cm³/mol. The molecule has 7 N–H and O–H groups in total. The molecule has 0 unspecified atom stereocenters. The Balaban J connectivity index is 2.38. The van der Waals surface area contributed by atoms with Gasteiger partial charge in [0.2, 0.25) is 5.95 Å². The van der Waals surface area contributed by atoms with Crippen molar-refractivity contribution in [3.8, 4) is 0 Å². The van der Waals surface area contributed by atoms with Crippen molar-refractivity contribution in [3.63, 3.8) is 0 Å². The Morgan fingerprint density at radius 1 is 0.955 bits per heavy atom. The van der Waals surface area contributed by atoms with Crippen molar-refractivity contribution in [1.29, 1.82) is 0 Å². The molecule has 0 bridgehead atoms. The molecule has 1 aromatic heterocycles. The van der Waals surface area contributed by atoms with Crippen molar-refractivity contribution in [2.75, 3.05) is 16.2 Å². The molecule has 0 aliphatic rings. The van der Waals surface area contributed by atoms with Gasteiger partial charge in [-0.25, -0.2) is 16.1 Å². The molecule has 1 aromatic carbocycles. The Morgan fingerprint density at radius 3 is 2.05 bits per heavy atom. The van der Waals surface area contributed by atoms with Crippen LogP contribution in [0.15, 0.2) is 24.3 Å². The van der Waals surface area contributed by atoms with Gasteiger partial charge in [0.05, 0.1) is 11.3 Å². The van der Waals surface area contributed by atoms with Gasteiger partial charge in [-0.1, -0.05) is 0 Å². The fraction of sp³-hybridized carbons (Fsp3) is 0.0909. The lowest BCUT2D eigenvalue weighted by molar-refractivity contribution is -0.137. The molecule has 1 heterocycles. The highest BCUT2D eigenvalue weighted by Gasteiger charge is 2.31. The Bertz CT molecular complexity index is 652. The van der Waals surface area contributed by atoms with Crippen LogP contribution in [0, 0.1) is 5.82 Å². The van der Waals surface area contributed by atoms with Crippen LogP contribution >= 0.6 is 0 Å². The van der Waals surface area contributed by atoms with E-state index < -0.39 is 23.2 Å². The first-order chi connectivity index (χ1) is 10.3. The van der Waals surface area contributed by atoms with Gasteiger partial charge in [0.1, 0.15) is 17.5 Å². The van der Waals surface area contributed by atoms with Crippen LogP contribution in [0.25, 0.3) is 0 Å². The highest BCUT2D eigenvalue weighted by molar-refractivity contribution is 5.59. The number of aromatic nitrogens is 2. The number of nitrogens with one attached hydrogen (secondary N) is 3. The molecule has 0 saturated carbocycles. The minimum Gasteiger partial charge on any atom is -0.322 e. The van der Waals surface area contributed by atoms with Crippen LogP contribution in [0.4, 0.5) is 40.8 Å². The van der Waals surface area contributed by atoms with Crippen LogP contribution in [0.2, 0.25) is 0 Å². The number of hydrazine groups is 2. The van der Waals surface area contributed by atoms with E-state index in [0.29, 0.717) is 18.2 Å². The van der Waals surface area contributed by atoms with E-state index >= 15 is 0 Å². The lowest BCUT2D eigenvalue weighted by atomic mass is 10.2. The lowest BCUT2D eigenvalue weighted by Gasteiger charge is -2.12. The Labute approximate surface area is 121 Å². The second-order valence-electron chi connectivity index (χ2n) is 4.07. The number of hydrogen-bond acceptors (Lipinski definition) is 7. The molecule has 2 aromatic rings. The normalized spacial score (nSPS) is 11.2. The first kappa shape index (κ1) is 15.7. The number of halogens is 4. The molecule has 22 heavy (non-hydrogen) atoms. The standard InChI is InChI=1S/C11H11F4N7/c12-6-2-1-5(11(13,14)15)3-7(6)18-10-19-8(21-16)4-9(20-10)22-17/h1-4H,16-17H2,(H3,18,19,20,21,22). The molecule has 0 aliphatic carbocycles. The molecule has 7 nitrogen and oxygen atoms in total. The summed E-state index contributed by atoms with van der Waals surface area (Å²) in [6.45, 7) is 0. The molecular weight excluding hydrogens is 306 g/mol. The van der Waals surface area contributed by atoms with Crippen molar-refractivity contribution in [1.82, 2.24) is 9.97 Å². The molecular formula is C11H11F4N7. The van der Waals surface area contributed by atoms with Gasteiger partial charge in [0.25, 0.3) is 0 Å². The van der Waals surface area contributed by atoms with E-state index in [1.54, 1.807) is 0 Å². The number of hydrogen-bond donors (Lipinski definition) is 5. The second-order valence-corrected chi connectivity index (χ2v) is 4.07. The van der Waals surface area contributed by atoms with Crippen molar-refractivity contribution >= 4 is 23.3 Å². The SMILES string of the molecule is NNc1cc(NN)nc(Nc2cc(C(F)(F)F)ccc2F)n1. The summed E-state index contributed by atoms with van der Waals surface area (Å²) in [7, 11) is 0. The Morgan fingerprint density at radius 2 is 1.55 bits per heavy atom. The largest absolute Gasteiger partial charge is 0.416 e. The zero-order valence-electron chi connectivity index (χ0n) is 10.9. The van der Waals surface area contributed by atoms with E-state index in [4.69, 9.17) is 11.7 Å². The van der Waals surface area contributed by atoms with E-state index in [1.807, 2.05) is 0 Å². The third-order valence-electron chi connectivity index (χ3n) is 2.56. The summed E-state index contributed by atoms with van der Waals surface area (Å²) in [5.41, 5.74) is 2.99. The van der Waals surface area contributed by atoms with Crippen molar-refractivity contribution in [2.45, 2.75) is 6.18 Å². The summed E-state index contributed by atoms with van der Waals surface area (Å²) in [5.74, 6) is 9.53. The minimum absolute atomic E-state index is 0.123. The van der Waals surface area contributed by atoms with Crippen LogP contribution in [-0.4, -0.2) is 9.97 Å². The van der Waals surface area contributed by atoms with Gasteiger partial charge in [-0.05, 0) is 18.2 Å². The maximum Gasteiger partial charge on any atom is 0.416 e. The van der Waals surface area contributed by atoms with Crippen LogP contribution in [0.1, 0.15) is 5.56 Å². The number of nitrogens with two attached hydrogens (primary N) is 2. The molecule has 2 rings (SSSR count). The monoisotopic (exact) mass is 317 g/mol. The summed E-state index contributed by atoms with van der Waals surface area (Å²) < 4.78 is 51.6. The van der Waals surface area contributed by atoms with Crippen molar-refractivity contribution < 1.29 is 17.6 Å². The summed E-state index contributed by atoms with van der Waals surface area (Å²) in [6.07, 6.45) is -4.60. The van der Waals surface area contributed by atoms with Gasteiger partial charge < -0.3 is 16.2 Å². The first-order valence-electron chi connectivity index (χ1n) is 5.79. The van der Waals surface area contributed by atoms with Crippen LogP contribution in [-0.2, 0) is 6.18 Å². The third kappa shape index (κ3) is 3.51. The fourth-order valence-corrected chi connectivity index (χ4v) is 1.57. The molecule has 0 spiro atoms. The summed E-state index contributed by atoms with van der Waals surface area (Å²) in [4.78, 5) is 7.65. The molecule has 0 saturated heterocycles. The molecule has 118 valence electrons. The van der Waals surface area contributed by atoms with E-state index in [-0.39, 0.29) is 17.6 Å². The summed E-state index contributed by atoms with van der Waals surface area (Å²) >= 11 is 0. The number of benzene rings is 1. The topological polar surface area (TPSA) is 114 Å². The minimum atomic E-state index is -4.60. The van der Waals surface area contributed by atoms with Gasteiger partial charge in [-0.2, -0.15) is 23.1 Å². The highest BCUT2D eigenvalue weighted by Crippen LogP contribution is 2.32. The second kappa shape index (κ2) is 5.99. The van der Waals surface area contributed by atoms with Crippen LogP contribution in [0.5, 0.6) is 0 Å². The van der Waals surface area contributed by atoms with E-state index in [1.165, 1.54) is 6.07 Å². The number of anilines is 4. The average Bonchev–Trinajstić information content (AvgIpc) is 2.47. The van der Waals surface area contributed by atoms with Crippen molar-refractivity contribution in [3.05, 3.63) is 35.6 Å². The van der Waals surface area contributed by atoms with Gasteiger partial charge >= 0.3 is 6.18 Å². The number of nitrogens with zero attached hydrogens (tertiary/aromatic N) is 2. The van der Waals surface area contributed by atoms with Crippen molar-refractivity contribution in [2.24, 2.45) is 11.7 Å². The van der Waals surface area contributed by atoms with Gasteiger partial charge in [-0.3, -0.25) is 0 Å². The Kier molecular flexibility index (Phi) is 4.28. The Hall–Kier alpha value is -2.66. The highest BCUT2D eigenvalue weighted by atomic mass is 19.4. The fourth-order valence-electron chi connectivity index (χ4n) is 1.57. The summed E-state index contributed by atoms with van der Waals surface area (Å²) in [6, 6.07) is 3.27. The molecule has 0 aliphatic heterocycles. The molecule has 0 fully saturated rings. The zero-order chi connectivity index (χ0) is 16.3. The number of nitrogen functional groups attached to an aromatic ring is 2. The van der Waals surface area contributed by atoms with E-state index in [0.717, 1.165) is 0 Å². The number of alkyl halides is 3. The zero-order valence-corrected chi connectivity index (χ0v) is 10.9. The smallest absolute Gasteiger partial charge is 0.322 e. The predicted octanol–water partition coefficient (Wildman–Crippen LogP) is 1.95. The molecule has 0 radical (unpaired) electrons.